The van der Waals surface area contributed by atoms with E-state index in [-0.39, 0.29) is 0 Å². The number of pyridine rings is 1. The largest absolute Gasteiger partial charge is 0.380 e. The Kier molecular flexibility index (Phi) is 3.67. The molecule has 4 heteroatoms. The summed E-state index contributed by atoms with van der Waals surface area (Å²) in [7, 11) is 1.64. The average Bonchev–Trinajstić information content (AvgIpc) is 2.32. The van der Waals surface area contributed by atoms with Crippen molar-refractivity contribution in [2.45, 2.75) is 6.61 Å². The van der Waals surface area contributed by atoms with Gasteiger partial charge in [0.25, 0.3) is 0 Å². The zero-order chi connectivity index (χ0) is 12.1. The number of methoxy groups -OCH3 is 1. The van der Waals surface area contributed by atoms with E-state index >= 15 is 0 Å². The predicted molar refractivity (Wildman–Crippen MR) is 64.6 cm³/mol. The topological polar surface area (TPSA) is 34.1 Å². The summed E-state index contributed by atoms with van der Waals surface area (Å²) in [5.41, 5.74) is 1.87. The molecule has 17 heavy (non-hydrogen) atoms. The van der Waals surface area contributed by atoms with Crippen molar-refractivity contribution in [1.29, 1.82) is 0 Å². The molecule has 0 radical (unpaired) electrons. The summed E-state index contributed by atoms with van der Waals surface area (Å²) in [5, 5.41) is 3.07. The monoisotopic (exact) mass is 232 g/mol. The molecule has 1 N–H and O–H groups in total. The van der Waals surface area contributed by atoms with Gasteiger partial charge in [0, 0.05) is 18.4 Å². The summed E-state index contributed by atoms with van der Waals surface area (Å²) in [5.74, 6) is -0.0206. The van der Waals surface area contributed by atoms with E-state index in [0.717, 1.165) is 11.3 Å². The number of rotatable bonds is 4. The summed E-state index contributed by atoms with van der Waals surface area (Å²) in [6, 6.07) is 12.3. The van der Waals surface area contributed by atoms with Gasteiger partial charge in [-0.05, 0) is 18.2 Å². The molecule has 0 bridgehead atoms. The van der Waals surface area contributed by atoms with Crippen LogP contribution in [-0.2, 0) is 11.3 Å². The highest BCUT2D eigenvalue weighted by Crippen LogP contribution is 2.20. The van der Waals surface area contributed by atoms with Gasteiger partial charge in [-0.2, -0.15) is 4.39 Å². The van der Waals surface area contributed by atoms with Crippen molar-refractivity contribution in [2.24, 2.45) is 0 Å². The maximum absolute atomic E-state index is 12.9. The second-order valence-corrected chi connectivity index (χ2v) is 3.56. The molecule has 88 valence electrons. The third-order valence-corrected chi connectivity index (χ3v) is 2.30. The second kappa shape index (κ2) is 5.41. The van der Waals surface area contributed by atoms with E-state index in [4.69, 9.17) is 4.74 Å². The minimum atomic E-state index is -0.501. The van der Waals surface area contributed by atoms with Crippen LogP contribution in [0.1, 0.15) is 5.56 Å². The van der Waals surface area contributed by atoms with E-state index in [1.807, 2.05) is 24.3 Å². The zero-order valence-corrected chi connectivity index (χ0v) is 9.48. The summed E-state index contributed by atoms with van der Waals surface area (Å²) in [6.45, 7) is 0.499. The lowest BCUT2D eigenvalue weighted by Crippen LogP contribution is -1.99. The van der Waals surface area contributed by atoms with Gasteiger partial charge in [0.05, 0.1) is 6.61 Å². The Hall–Kier alpha value is -1.94. The first kappa shape index (κ1) is 11.5. The Bertz CT molecular complexity index is 502. The van der Waals surface area contributed by atoms with Gasteiger partial charge in [-0.25, -0.2) is 4.98 Å². The van der Waals surface area contributed by atoms with Crippen LogP contribution < -0.4 is 5.32 Å². The van der Waals surface area contributed by atoms with Crippen LogP contribution in [0.25, 0.3) is 0 Å². The molecule has 3 nitrogen and oxygen atoms in total. The number of para-hydroxylation sites is 1. The van der Waals surface area contributed by atoms with E-state index in [1.54, 1.807) is 19.2 Å². The molecule has 0 saturated heterocycles. The van der Waals surface area contributed by atoms with Gasteiger partial charge in [-0.15, -0.1) is 0 Å². The van der Waals surface area contributed by atoms with Gasteiger partial charge >= 0.3 is 0 Å². The van der Waals surface area contributed by atoms with E-state index in [0.29, 0.717) is 12.4 Å². The van der Waals surface area contributed by atoms with Gasteiger partial charge in [0.1, 0.15) is 5.82 Å². The first-order valence-electron chi connectivity index (χ1n) is 5.26. The number of halogens is 1. The number of nitrogens with one attached hydrogen (secondary N) is 1. The second-order valence-electron chi connectivity index (χ2n) is 3.56. The fourth-order valence-electron chi connectivity index (χ4n) is 1.54. The third kappa shape index (κ3) is 3.01. The van der Waals surface area contributed by atoms with Crippen LogP contribution in [0.15, 0.2) is 42.5 Å². The minimum Gasteiger partial charge on any atom is -0.380 e. The number of hydrogen-bond donors (Lipinski definition) is 1. The van der Waals surface area contributed by atoms with Crippen LogP contribution in [-0.4, -0.2) is 12.1 Å². The predicted octanol–water partition coefficient (Wildman–Crippen LogP) is 3.11. The third-order valence-electron chi connectivity index (χ3n) is 2.30. The molecule has 0 unspecified atom stereocenters. The highest BCUT2D eigenvalue weighted by atomic mass is 19.1. The Labute approximate surface area is 99.3 Å². The molecule has 2 rings (SSSR count). The normalized spacial score (nSPS) is 10.2. The van der Waals surface area contributed by atoms with Gasteiger partial charge in [-0.1, -0.05) is 24.3 Å². The smallest absolute Gasteiger partial charge is 0.214 e. The summed E-state index contributed by atoms with van der Waals surface area (Å²) < 4.78 is 18.0. The first-order valence-corrected chi connectivity index (χ1v) is 5.26. The SMILES string of the molecule is COCc1ccccc1Nc1cccc(F)n1. The molecule has 0 saturated carbocycles. The molecule has 1 heterocycles. The Balaban J connectivity index is 2.23. The number of anilines is 2. The Morgan fingerprint density at radius 1 is 1.18 bits per heavy atom. The number of aromatic nitrogens is 1. The fourth-order valence-corrected chi connectivity index (χ4v) is 1.54. The molecular weight excluding hydrogens is 219 g/mol. The number of benzene rings is 1. The van der Waals surface area contributed by atoms with Crippen molar-refractivity contribution in [2.75, 3.05) is 12.4 Å². The van der Waals surface area contributed by atoms with E-state index in [2.05, 4.69) is 10.3 Å². The summed E-state index contributed by atoms with van der Waals surface area (Å²) in [6.07, 6.45) is 0. The van der Waals surface area contributed by atoms with Crippen molar-refractivity contribution in [1.82, 2.24) is 4.98 Å². The molecule has 0 aliphatic carbocycles. The molecule has 1 aromatic heterocycles. The van der Waals surface area contributed by atoms with Crippen molar-refractivity contribution in [3.05, 3.63) is 54.0 Å². The highest BCUT2D eigenvalue weighted by Gasteiger charge is 2.02. The van der Waals surface area contributed by atoms with Crippen molar-refractivity contribution < 1.29 is 9.13 Å². The molecule has 0 aliphatic heterocycles. The quantitative estimate of drug-likeness (QED) is 0.822. The molecule has 2 aromatic rings. The average molecular weight is 232 g/mol. The molecule has 1 aromatic carbocycles. The molecule has 0 amide bonds. The minimum absolute atomic E-state index is 0.480. The van der Waals surface area contributed by atoms with E-state index < -0.39 is 5.95 Å². The standard InChI is InChI=1S/C13H13FN2O/c1-17-9-10-5-2-3-6-11(10)15-13-8-4-7-12(14)16-13/h2-8H,9H2,1H3,(H,15,16). The number of nitrogens with zero attached hydrogens (tertiary/aromatic N) is 1. The first-order chi connectivity index (χ1) is 8.29. The van der Waals surface area contributed by atoms with E-state index in [9.17, 15) is 4.39 Å². The van der Waals surface area contributed by atoms with Crippen LogP contribution in [0.4, 0.5) is 15.9 Å². The maximum Gasteiger partial charge on any atom is 0.214 e. The van der Waals surface area contributed by atoms with Crippen molar-refractivity contribution in [3.63, 3.8) is 0 Å². The fraction of sp³-hybridized carbons (Fsp3) is 0.154. The van der Waals surface area contributed by atoms with Crippen LogP contribution >= 0.6 is 0 Å². The van der Waals surface area contributed by atoms with Crippen LogP contribution in [0.5, 0.6) is 0 Å². The van der Waals surface area contributed by atoms with Gasteiger partial charge in [0.15, 0.2) is 0 Å². The van der Waals surface area contributed by atoms with Crippen molar-refractivity contribution >= 4 is 11.5 Å². The number of ether oxygens (including phenoxy) is 1. The molecule has 0 atom stereocenters. The Morgan fingerprint density at radius 2 is 2.00 bits per heavy atom. The van der Waals surface area contributed by atoms with Gasteiger partial charge in [0.2, 0.25) is 5.95 Å². The molecule has 0 aliphatic rings. The van der Waals surface area contributed by atoms with Crippen LogP contribution in [0, 0.1) is 5.95 Å². The van der Waals surface area contributed by atoms with Gasteiger partial charge < -0.3 is 10.1 Å². The van der Waals surface area contributed by atoms with Gasteiger partial charge in [-0.3, -0.25) is 0 Å². The zero-order valence-electron chi connectivity index (χ0n) is 9.48. The highest BCUT2D eigenvalue weighted by molar-refractivity contribution is 5.60. The number of hydrogen-bond acceptors (Lipinski definition) is 3. The molecular formula is C13H13FN2O. The molecule has 0 spiro atoms. The Morgan fingerprint density at radius 3 is 2.76 bits per heavy atom. The maximum atomic E-state index is 12.9. The van der Waals surface area contributed by atoms with Crippen LogP contribution in [0.2, 0.25) is 0 Å². The lowest BCUT2D eigenvalue weighted by molar-refractivity contribution is 0.185. The van der Waals surface area contributed by atoms with Crippen molar-refractivity contribution in [3.8, 4) is 0 Å². The lowest BCUT2D eigenvalue weighted by Gasteiger charge is -2.10. The lowest BCUT2D eigenvalue weighted by atomic mass is 10.2. The summed E-state index contributed by atoms with van der Waals surface area (Å²) in [4.78, 5) is 3.75. The summed E-state index contributed by atoms with van der Waals surface area (Å²) >= 11 is 0. The van der Waals surface area contributed by atoms with E-state index in [1.165, 1.54) is 6.07 Å². The molecule has 0 fully saturated rings. The van der Waals surface area contributed by atoms with Crippen LogP contribution in [0.3, 0.4) is 0 Å².